The van der Waals surface area contributed by atoms with Crippen LogP contribution in [0.25, 0.3) is 0 Å². The fourth-order valence-electron chi connectivity index (χ4n) is 2.94. The van der Waals surface area contributed by atoms with E-state index in [9.17, 15) is 4.79 Å². The molecule has 0 spiro atoms. The molecule has 1 heterocycles. The first-order valence-electron chi connectivity index (χ1n) is 8.40. The maximum Gasteiger partial charge on any atom is 0.260 e. The molecule has 1 amide bonds. The molecule has 120 valence electrons. The van der Waals surface area contributed by atoms with Crippen LogP contribution < -0.4 is 4.74 Å². The predicted molar refractivity (Wildman–Crippen MR) is 87.0 cm³/mol. The normalized spacial score (nSPS) is 19.8. The summed E-state index contributed by atoms with van der Waals surface area (Å²) in [5.41, 5.74) is 1.20. The van der Waals surface area contributed by atoms with Gasteiger partial charge in [-0.25, -0.2) is 0 Å². The lowest BCUT2D eigenvalue weighted by Crippen LogP contribution is -2.38. The van der Waals surface area contributed by atoms with Crippen LogP contribution in [0.5, 0.6) is 5.75 Å². The molecule has 1 aliphatic carbocycles. The lowest BCUT2D eigenvalue weighted by molar-refractivity contribution is -0.133. The van der Waals surface area contributed by atoms with Crippen LogP contribution in [0.1, 0.15) is 24.8 Å². The minimum Gasteiger partial charge on any atom is -0.484 e. The van der Waals surface area contributed by atoms with Gasteiger partial charge in [0.15, 0.2) is 6.61 Å². The maximum absolute atomic E-state index is 12.3. The van der Waals surface area contributed by atoms with Crippen LogP contribution in [0.4, 0.5) is 0 Å². The van der Waals surface area contributed by atoms with E-state index in [1.165, 1.54) is 24.9 Å². The van der Waals surface area contributed by atoms with Crippen LogP contribution in [0.2, 0.25) is 0 Å². The minimum atomic E-state index is 0.105. The Hall–Kier alpha value is -1.55. The predicted octanol–water partition coefficient (Wildman–Crippen LogP) is 2.32. The van der Waals surface area contributed by atoms with Gasteiger partial charge in [0.1, 0.15) is 5.75 Å². The highest BCUT2D eigenvalue weighted by molar-refractivity contribution is 5.77. The summed E-state index contributed by atoms with van der Waals surface area (Å²) in [5.74, 6) is 1.80. The molecular weight excluding hydrogens is 276 g/mol. The largest absolute Gasteiger partial charge is 0.484 e. The van der Waals surface area contributed by atoms with Crippen molar-refractivity contribution in [1.29, 1.82) is 0 Å². The highest BCUT2D eigenvalue weighted by Gasteiger charge is 2.26. The number of carbonyl (C=O) groups excluding carboxylic acids is 1. The van der Waals surface area contributed by atoms with Crippen molar-refractivity contribution in [1.82, 2.24) is 9.80 Å². The van der Waals surface area contributed by atoms with Gasteiger partial charge in [-0.15, -0.1) is 0 Å². The zero-order chi connectivity index (χ0) is 15.4. The summed E-state index contributed by atoms with van der Waals surface area (Å²) in [7, 11) is 0. The van der Waals surface area contributed by atoms with Crippen LogP contribution in [0.3, 0.4) is 0 Å². The molecule has 22 heavy (non-hydrogen) atoms. The van der Waals surface area contributed by atoms with Crippen molar-refractivity contribution in [2.75, 3.05) is 39.3 Å². The van der Waals surface area contributed by atoms with E-state index in [1.54, 1.807) is 0 Å². The van der Waals surface area contributed by atoms with Gasteiger partial charge in [0.2, 0.25) is 0 Å². The first-order chi connectivity index (χ1) is 10.7. The second-order valence-electron chi connectivity index (χ2n) is 6.58. The Bertz CT molecular complexity index is 496. The Morgan fingerprint density at radius 3 is 2.64 bits per heavy atom. The molecule has 4 heteroatoms. The van der Waals surface area contributed by atoms with Gasteiger partial charge in [-0.2, -0.15) is 0 Å². The molecule has 2 aliphatic rings. The number of aryl methyl sites for hydroxylation is 1. The van der Waals surface area contributed by atoms with Gasteiger partial charge in [0.05, 0.1) is 0 Å². The molecule has 1 aromatic carbocycles. The van der Waals surface area contributed by atoms with Crippen LogP contribution >= 0.6 is 0 Å². The third kappa shape index (κ3) is 4.47. The van der Waals surface area contributed by atoms with Crippen molar-refractivity contribution in [2.24, 2.45) is 5.92 Å². The Morgan fingerprint density at radius 2 is 1.91 bits per heavy atom. The fraction of sp³-hybridized carbons (Fsp3) is 0.611. The molecule has 0 bridgehead atoms. The Labute approximate surface area is 133 Å². The smallest absolute Gasteiger partial charge is 0.260 e. The van der Waals surface area contributed by atoms with E-state index in [1.807, 2.05) is 36.1 Å². The molecule has 3 rings (SSSR count). The van der Waals surface area contributed by atoms with E-state index >= 15 is 0 Å². The van der Waals surface area contributed by atoms with E-state index in [4.69, 9.17) is 4.74 Å². The van der Waals surface area contributed by atoms with Crippen molar-refractivity contribution < 1.29 is 9.53 Å². The third-order valence-electron chi connectivity index (χ3n) is 4.54. The van der Waals surface area contributed by atoms with Crippen molar-refractivity contribution in [3.63, 3.8) is 0 Å². The highest BCUT2D eigenvalue weighted by atomic mass is 16.5. The van der Waals surface area contributed by atoms with Gasteiger partial charge in [0.25, 0.3) is 5.91 Å². The summed E-state index contributed by atoms with van der Waals surface area (Å²) in [4.78, 5) is 16.8. The van der Waals surface area contributed by atoms with Crippen molar-refractivity contribution >= 4 is 5.91 Å². The summed E-state index contributed by atoms with van der Waals surface area (Å²) in [6, 6.07) is 7.84. The number of hydrogen-bond acceptors (Lipinski definition) is 3. The average Bonchev–Trinajstić information content (AvgIpc) is 3.34. The standard InChI is InChI=1S/C18H26N2O2/c1-15-3-7-17(8-4-15)22-14-18(21)20-10-2-9-19(11-12-20)13-16-5-6-16/h3-4,7-8,16H,2,5-6,9-14H2,1H3. The minimum absolute atomic E-state index is 0.105. The number of nitrogens with zero attached hydrogens (tertiary/aromatic N) is 2. The molecule has 4 nitrogen and oxygen atoms in total. The van der Waals surface area contributed by atoms with E-state index in [0.29, 0.717) is 0 Å². The van der Waals surface area contributed by atoms with Crippen molar-refractivity contribution in [3.8, 4) is 5.75 Å². The molecule has 0 radical (unpaired) electrons. The molecule has 2 fully saturated rings. The van der Waals surface area contributed by atoms with Crippen LogP contribution in [-0.4, -0.2) is 55.0 Å². The van der Waals surface area contributed by atoms with Crippen molar-refractivity contribution in [2.45, 2.75) is 26.2 Å². The van der Waals surface area contributed by atoms with Gasteiger partial charge < -0.3 is 14.5 Å². The quantitative estimate of drug-likeness (QED) is 0.837. The number of carbonyl (C=O) groups is 1. The molecule has 1 aromatic rings. The monoisotopic (exact) mass is 302 g/mol. The van der Waals surface area contributed by atoms with Gasteiger partial charge in [0, 0.05) is 26.2 Å². The first-order valence-corrected chi connectivity index (χ1v) is 8.40. The van der Waals surface area contributed by atoms with Crippen LogP contribution in [0.15, 0.2) is 24.3 Å². The summed E-state index contributed by atoms with van der Waals surface area (Å²) in [6.07, 6.45) is 3.86. The second-order valence-corrected chi connectivity index (χ2v) is 6.58. The maximum atomic E-state index is 12.3. The lowest BCUT2D eigenvalue weighted by atomic mass is 10.2. The molecule has 1 saturated heterocycles. The van der Waals surface area contributed by atoms with Gasteiger partial charge in [-0.1, -0.05) is 17.7 Å². The molecular formula is C18H26N2O2. The van der Waals surface area contributed by atoms with E-state index in [0.717, 1.165) is 44.3 Å². The van der Waals surface area contributed by atoms with Crippen LogP contribution in [0, 0.1) is 12.8 Å². The topological polar surface area (TPSA) is 32.8 Å². The Kier molecular flexibility index (Phi) is 4.98. The second kappa shape index (κ2) is 7.14. The van der Waals surface area contributed by atoms with Crippen LogP contribution in [-0.2, 0) is 4.79 Å². The molecule has 1 aliphatic heterocycles. The molecule has 0 atom stereocenters. The summed E-state index contributed by atoms with van der Waals surface area (Å²) in [6.45, 7) is 7.24. The zero-order valence-corrected chi connectivity index (χ0v) is 13.5. The Balaban J connectivity index is 1.44. The lowest BCUT2D eigenvalue weighted by Gasteiger charge is -2.22. The van der Waals surface area contributed by atoms with Crippen molar-refractivity contribution in [3.05, 3.63) is 29.8 Å². The SMILES string of the molecule is Cc1ccc(OCC(=O)N2CCCN(CC3CC3)CC2)cc1. The first kappa shape index (κ1) is 15.3. The van der Waals surface area contributed by atoms with E-state index in [2.05, 4.69) is 4.90 Å². The summed E-state index contributed by atoms with van der Waals surface area (Å²) in [5, 5.41) is 0. The molecule has 0 N–H and O–H groups in total. The van der Waals surface area contributed by atoms with Gasteiger partial charge >= 0.3 is 0 Å². The number of benzene rings is 1. The Morgan fingerprint density at radius 1 is 1.14 bits per heavy atom. The van der Waals surface area contributed by atoms with Gasteiger partial charge in [-0.3, -0.25) is 4.79 Å². The fourth-order valence-corrected chi connectivity index (χ4v) is 2.94. The highest BCUT2D eigenvalue weighted by Crippen LogP contribution is 2.29. The molecule has 1 saturated carbocycles. The molecule has 0 aromatic heterocycles. The van der Waals surface area contributed by atoms with E-state index in [-0.39, 0.29) is 12.5 Å². The molecule has 0 unspecified atom stereocenters. The van der Waals surface area contributed by atoms with E-state index < -0.39 is 0 Å². The third-order valence-corrected chi connectivity index (χ3v) is 4.54. The number of ether oxygens (including phenoxy) is 1. The summed E-state index contributed by atoms with van der Waals surface area (Å²) >= 11 is 0. The number of hydrogen-bond donors (Lipinski definition) is 0. The average molecular weight is 302 g/mol. The van der Waals surface area contributed by atoms with Gasteiger partial charge in [-0.05, 0) is 50.8 Å². The number of rotatable bonds is 5. The number of amides is 1. The summed E-state index contributed by atoms with van der Waals surface area (Å²) < 4.78 is 5.61. The zero-order valence-electron chi connectivity index (χ0n) is 13.5.